The number of para-hydroxylation sites is 1. The van der Waals surface area contributed by atoms with Crippen molar-refractivity contribution in [3.05, 3.63) is 29.3 Å². The minimum atomic E-state index is -0.814. The second kappa shape index (κ2) is 5.99. The van der Waals surface area contributed by atoms with Crippen LogP contribution >= 0.6 is 0 Å². The van der Waals surface area contributed by atoms with Gasteiger partial charge in [-0.1, -0.05) is 32.0 Å². The number of benzene rings is 1. The monoisotopic (exact) mass is 315 g/mol. The number of aliphatic carboxylic acids is 1. The van der Waals surface area contributed by atoms with Gasteiger partial charge < -0.3 is 10.4 Å². The number of anilines is 1. The maximum absolute atomic E-state index is 12.9. The SMILES string of the molecule is Cc1cccc(C(C)C)c1NC(=O)[C@H]1[C@H]2CC[C@@H](C2)[C@@H]1C(=O)O. The molecule has 4 heteroatoms. The van der Waals surface area contributed by atoms with Crippen LogP contribution in [-0.2, 0) is 9.59 Å². The maximum atomic E-state index is 12.9. The molecule has 0 unspecified atom stereocenters. The van der Waals surface area contributed by atoms with Crippen LogP contribution in [0.5, 0.6) is 0 Å². The highest BCUT2D eigenvalue weighted by atomic mass is 16.4. The molecule has 23 heavy (non-hydrogen) atoms. The summed E-state index contributed by atoms with van der Waals surface area (Å²) in [5.74, 6) is -1.11. The van der Waals surface area contributed by atoms with E-state index in [4.69, 9.17) is 0 Å². The average Bonchev–Trinajstić information content (AvgIpc) is 3.09. The van der Waals surface area contributed by atoms with Crippen LogP contribution in [0.25, 0.3) is 0 Å². The number of fused-ring (bicyclic) bond motifs is 2. The molecule has 1 aromatic carbocycles. The van der Waals surface area contributed by atoms with Gasteiger partial charge in [0.1, 0.15) is 0 Å². The highest BCUT2D eigenvalue weighted by Gasteiger charge is 2.54. The molecule has 0 saturated heterocycles. The van der Waals surface area contributed by atoms with Gasteiger partial charge >= 0.3 is 5.97 Å². The van der Waals surface area contributed by atoms with E-state index in [0.717, 1.165) is 36.1 Å². The number of carbonyl (C=O) groups is 2. The molecule has 1 aromatic rings. The standard InChI is InChI=1S/C19H25NO3/c1-10(2)14-6-4-5-11(3)17(14)20-18(21)15-12-7-8-13(9-12)16(15)19(22)23/h4-6,10,12-13,15-16H,7-9H2,1-3H3,(H,20,21)(H,22,23)/t12-,13-,15-,16-/m0/s1. The Morgan fingerprint density at radius 1 is 1.17 bits per heavy atom. The van der Waals surface area contributed by atoms with Gasteiger partial charge in [-0.15, -0.1) is 0 Å². The maximum Gasteiger partial charge on any atom is 0.307 e. The van der Waals surface area contributed by atoms with Crippen molar-refractivity contribution in [1.29, 1.82) is 0 Å². The van der Waals surface area contributed by atoms with E-state index < -0.39 is 11.9 Å². The molecule has 2 aliphatic rings. The van der Waals surface area contributed by atoms with E-state index in [0.29, 0.717) is 5.92 Å². The molecule has 4 atom stereocenters. The van der Waals surface area contributed by atoms with Crippen LogP contribution in [0.15, 0.2) is 18.2 Å². The predicted molar refractivity (Wildman–Crippen MR) is 89.3 cm³/mol. The van der Waals surface area contributed by atoms with Gasteiger partial charge in [-0.05, 0) is 55.1 Å². The Kier molecular flexibility index (Phi) is 4.17. The van der Waals surface area contributed by atoms with E-state index in [9.17, 15) is 14.7 Å². The second-order valence-electron chi connectivity index (χ2n) is 7.41. The fourth-order valence-corrected chi connectivity index (χ4v) is 4.57. The van der Waals surface area contributed by atoms with Crippen molar-refractivity contribution in [2.24, 2.45) is 23.7 Å². The highest BCUT2D eigenvalue weighted by Crippen LogP contribution is 2.52. The van der Waals surface area contributed by atoms with Gasteiger partial charge in [-0.3, -0.25) is 9.59 Å². The number of hydrogen-bond acceptors (Lipinski definition) is 2. The largest absolute Gasteiger partial charge is 0.481 e. The molecule has 2 N–H and O–H groups in total. The summed E-state index contributed by atoms with van der Waals surface area (Å²) in [4.78, 5) is 24.5. The van der Waals surface area contributed by atoms with Gasteiger partial charge in [0.2, 0.25) is 5.91 Å². The summed E-state index contributed by atoms with van der Waals surface area (Å²) < 4.78 is 0. The van der Waals surface area contributed by atoms with Gasteiger partial charge in [0.25, 0.3) is 0 Å². The van der Waals surface area contributed by atoms with E-state index in [1.54, 1.807) is 0 Å². The summed E-state index contributed by atoms with van der Waals surface area (Å²) in [5, 5.41) is 12.6. The average molecular weight is 315 g/mol. The molecule has 1 amide bonds. The number of aryl methyl sites for hydroxylation is 1. The number of amides is 1. The fourth-order valence-electron chi connectivity index (χ4n) is 4.57. The lowest BCUT2D eigenvalue weighted by atomic mass is 9.78. The van der Waals surface area contributed by atoms with Crippen LogP contribution in [0.2, 0.25) is 0 Å². The molecule has 0 aliphatic heterocycles. The van der Waals surface area contributed by atoms with Gasteiger partial charge in [-0.2, -0.15) is 0 Å². The molecule has 0 radical (unpaired) electrons. The molecular weight excluding hydrogens is 290 g/mol. The summed E-state index contributed by atoms with van der Waals surface area (Å²) >= 11 is 0. The van der Waals surface area contributed by atoms with Crippen LogP contribution in [-0.4, -0.2) is 17.0 Å². The van der Waals surface area contributed by atoms with Gasteiger partial charge in [0, 0.05) is 5.69 Å². The normalized spacial score (nSPS) is 29.0. The Hall–Kier alpha value is -1.84. The summed E-state index contributed by atoms with van der Waals surface area (Å²) in [5.41, 5.74) is 2.99. The summed E-state index contributed by atoms with van der Waals surface area (Å²) in [6.45, 7) is 6.18. The molecule has 0 heterocycles. The third-order valence-electron chi connectivity index (χ3n) is 5.68. The third-order valence-corrected chi connectivity index (χ3v) is 5.68. The first-order chi connectivity index (χ1) is 10.9. The van der Waals surface area contributed by atoms with Crippen LogP contribution in [0.1, 0.15) is 50.2 Å². The van der Waals surface area contributed by atoms with Crippen molar-refractivity contribution in [2.45, 2.75) is 46.0 Å². The van der Waals surface area contributed by atoms with E-state index in [1.165, 1.54) is 0 Å². The molecule has 3 rings (SSSR count). The molecule has 2 aliphatic carbocycles. The van der Waals surface area contributed by atoms with Gasteiger partial charge in [-0.25, -0.2) is 0 Å². The molecule has 2 saturated carbocycles. The van der Waals surface area contributed by atoms with Crippen molar-refractivity contribution in [3.8, 4) is 0 Å². The van der Waals surface area contributed by atoms with Crippen LogP contribution in [0, 0.1) is 30.6 Å². The van der Waals surface area contributed by atoms with E-state index >= 15 is 0 Å². The number of carboxylic acid groups (broad SMARTS) is 1. The zero-order valence-electron chi connectivity index (χ0n) is 14.0. The molecule has 124 valence electrons. The zero-order valence-corrected chi connectivity index (χ0v) is 14.0. The van der Waals surface area contributed by atoms with Crippen LogP contribution in [0.3, 0.4) is 0 Å². The van der Waals surface area contributed by atoms with Crippen molar-refractivity contribution in [3.63, 3.8) is 0 Å². The lowest BCUT2D eigenvalue weighted by molar-refractivity contribution is -0.148. The first-order valence-corrected chi connectivity index (χ1v) is 8.53. The molecule has 0 spiro atoms. The summed E-state index contributed by atoms with van der Waals surface area (Å²) in [6.07, 6.45) is 2.82. The molecular formula is C19H25NO3. The lowest BCUT2D eigenvalue weighted by Crippen LogP contribution is -2.38. The lowest BCUT2D eigenvalue weighted by Gasteiger charge is -2.28. The fraction of sp³-hybridized carbons (Fsp3) is 0.579. The van der Waals surface area contributed by atoms with Crippen molar-refractivity contribution in [2.75, 3.05) is 5.32 Å². The number of nitrogens with one attached hydrogen (secondary N) is 1. The first-order valence-electron chi connectivity index (χ1n) is 8.53. The number of carbonyl (C=O) groups excluding carboxylic acids is 1. The minimum Gasteiger partial charge on any atom is -0.481 e. The summed E-state index contributed by atoms with van der Waals surface area (Å²) in [6, 6.07) is 6.01. The van der Waals surface area contributed by atoms with E-state index in [-0.39, 0.29) is 23.7 Å². The Morgan fingerprint density at radius 3 is 2.43 bits per heavy atom. The van der Waals surface area contributed by atoms with Gasteiger partial charge in [0.05, 0.1) is 11.8 Å². The predicted octanol–water partition coefficient (Wildman–Crippen LogP) is 3.80. The van der Waals surface area contributed by atoms with Crippen LogP contribution in [0.4, 0.5) is 5.69 Å². The smallest absolute Gasteiger partial charge is 0.307 e. The van der Waals surface area contributed by atoms with Crippen molar-refractivity contribution < 1.29 is 14.7 Å². The van der Waals surface area contributed by atoms with Crippen molar-refractivity contribution in [1.82, 2.24) is 0 Å². The molecule has 2 bridgehead atoms. The second-order valence-corrected chi connectivity index (χ2v) is 7.41. The molecule has 0 aromatic heterocycles. The third kappa shape index (κ3) is 2.75. The van der Waals surface area contributed by atoms with Crippen molar-refractivity contribution >= 4 is 17.6 Å². The Labute approximate surface area is 137 Å². The zero-order chi connectivity index (χ0) is 16.7. The highest BCUT2D eigenvalue weighted by molar-refractivity contribution is 5.97. The molecule has 2 fully saturated rings. The topological polar surface area (TPSA) is 66.4 Å². The van der Waals surface area contributed by atoms with E-state index in [2.05, 4.69) is 19.2 Å². The van der Waals surface area contributed by atoms with E-state index in [1.807, 2.05) is 25.1 Å². The first kappa shape index (κ1) is 16.0. The minimum absolute atomic E-state index is 0.110. The molecule has 4 nitrogen and oxygen atoms in total. The number of carboxylic acids is 1. The van der Waals surface area contributed by atoms with Gasteiger partial charge in [0.15, 0.2) is 0 Å². The Morgan fingerprint density at radius 2 is 1.83 bits per heavy atom. The Balaban J connectivity index is 1.87. The Bertz CT molecular complexity index is 638. The number of hydrogen-bond donors (Lipinski definition) is 2. The van der Waals surface area contributed by atoms with Crippen LogP contribution < -0.4 is 5.32 Å². The quantitative estimate of drug-likeness (QED) is 0.888. The summed E-state index contributed by atoms with van der Waals surface area (Å²) in [7, 11) is 0. The number of rotatable bonds is 4.